The van der Waals surface area contributed by atoms with Gasteiger partial charge in [-0.2, -0.15) is 9.83 Å². The molecule has 2 aromatic carbocycles. The van der Waals surface area contributed by atoms with Crippen LogP contribution >= 0.6 is 12.6 Å². The third-order valence-electron chi connectivity index (χ3n) is 5.52. The van der Waals surface area contributed by atoms with Gasteiger partial charge in [0, 0.05) is 17.7 Å². The smallest absolute Gasteiger partial charge is 0.227 e. The number of nitrogens with one attached hydrogen (secondary N) is 1. The minimum absolute atomic E-state index is 0.294. The minimum atomic E-state index is -1.56. The first-order chi connectivity index (χ1) is 14.4. The fourth-order valence-corrected chi connectivity index (χ4v) is 4.41. The zero-order valence-electron chi connectivity index (χ0n) is 16.3. The van der Waals surface area contributed by atoms with Gasteiger partial charge in [0.1, 0.15) is 5.82 Å². The molecule has 4 nitrogen and oxygen atoms in total. The zero-order chi connectivity index (χ0) is 21.3. The lowest BCUT2D eigenvalue weighted by Crippen LogP contribution is -2.62. The van der Waals surface area contributed by atoms with E-state index in [4.69, 9.17) is 0 Å². The van der Waals surface area contributed by atoms with E-state index in [0.29, 0.717) is 21.7 Å². The van der Waals surface area contributed by atoms with E-state index in [-0.39, 0.29) is 5.82 Å². The number of rotatable bonds is 3. The van der Waals surface area contributed by atoms with Crippen molar-refractivity contribution < 1.29 is 14.1 Å². The maximum absolute atomic E-state index is 13.6. The highest BCUT2D eigenvalue weighted by Crippen LogP contribution is 2.47. The first kappa shape index (κ1) is 20.1. The molecule has 3 atom stereocenters. The number of nitrogens with zero attached hydrogens (tertiary/aromatic N) is 2. The third-order valence-corrected chi connectivity index (χ3v) is 5.87. The summed E-state index contributed by atoms with van der Waals surface area (Å²) in [7, 11) is 0. The second-order valence-electron chi connectivity index (χ2n) is 7.43. The van der Waals surface area contributed by atoms with E-state index < -0.39 is 17.7 Å². The van der Waals surface area contributed by atoms with Crippen molar-refractivity contribution >= 4 is 12.6 Å². The van der Waals surface area contributed by atoms with Crippen molar-refractivity contribution in [2.45, 2.75) is 24.6 Å². The van der Waals surface area contributed by atoms with Crippen LogP contribution in [0.15, 0.2) is 89.7 Å². The van der Waals surface area contributed by atoms with Crippen LogP contribution in [-0.2, 0) is 5.72 Å². The number of aryl methyl sites for hydroxylation is 1. The van der Waals surface area contributed by atoms with Crippen LogP contribution in [-0.4, -0.2) is 5.11 Å². The Labute approximate surface area is 180 Å². The monoisotopic (exact) mass is 418 g/mol. The average Bonchev–Trinajstić information content (AvgIpc) is 2.75. The number of allylic oxidation sites excluding steroid dienone is 1. The van der Waals surface area contributed by atoms with Crippen molar-refractivity contribution in [3.8, 4) is 6.07 Å². The van der Waals surface area contributed by atoms with E-state index in [0.717, 1.165) is 5.56 Å². The summed E-state index contributed by atoms with van der Waals surface area (Å²) in [6.45, 7) is 1.98. The van der Waals surface area contributed by atoms with E-state index in [1.807, 2.05) is 66.3 Å². The molecule has 0 aliphatic carbocycles. The van der Waals surface area contributed by atoms with Crippen LogP contribution in [0.3, 0.4) is 0 Å². The number of nitriles is 1. The first-order valence-corrected chi connectivity index (χ1v) is 10.0. The quantitative estimate of drug-likeness (QED) is 0.447. The number of aromatic nitrogens is 1. The van der Waals surface area contributed by atoms with Crippen LogP contribution in [0, 0.1) is 24.1 Å². The summed E-state index contributed by atoms with van der Waals surface area (Å²) in [6.07, 6.45) is 3.70. The van der Waals surface area contributed by atoms with E-state index in [1.165, 1.54) is 12.1 Å². The van der Waals surface area contributed by atoms with Gasteiger partial charge in [0.15, 0.2) is 12.4 Å². The molecule has 0 bridgehead atoms. The molecule has 2 heterocycles. The summed E-state index contributed by atoms with van der Waals surface area (Å²) in [5.74, 6) is -0.915. The average molecular weight is 419 g/mol. The Balaban J connectivity index is 1.99. The van der Waals surface area contributed by atoms with Gasteiger partial charge in [0.05, 0.1) is 22.6 Å². The van der Waals surface area contributed by atoms with Crippen LogP contribution < -0.4 is 9.88 Å². The van der Waals surface area contributed by atoms with Crippen molar-refractivity contribution in [3.05, 3.63) is 112 Å². The number of benzene rings is 2. The Morgan fingerprint density at radius 1 is 1.07 bits per heavy atom. The molecule has 2 N–H and O–H groups in total. The summed E-state index contributed by atoms with van der Waals surface area (Å²) in [5.41, 5.74) is 1.24. The molecule has 1 aliphatic heterocycles. The van der Waals surface area contributed by atoms with Crippen LogP contribution in [0.1, 0.15) is 28.7 Å². The summed E-state index contributed by atoms with van der Waals surface area (Å²) in [6, 6.07) is 20.8. The fourth-order valence-electron chi connectivity index (χ4n) is 4.05. The standard InChI is InChI=1S/C24H20FN3OS/c1-16-5-9-18(10-6-16)24(29)22(28-13-3-2-4-14-28)21(20(15-26)23(30)27-24)17-7-11-19(25)12-8-17/h2-14,21-22,27,29H,1H3/p+1. The number of halogens is 1. The van der Waals surface area contributed by atoms with Crippen molar-refractivity contribution in [1.82, 2.24) is 5.32 Å². The lowest BCUT2D eigenvalue weighted by atomic mass is 9.75. The molecule has 0 spiro atoms. The predicted octanol–water partition coefficient (Wildman–Crippen LogP) is 3.86. The van der Waals surface area contributed by atoms with Crippen LogP contribution in [0.25, 0.3) is 0 Å². The van der Waals surface area contributed by atoms with E-state index >= 15 is 0 Å². The second kappa shape index (κ2) is 7.94. The van der Waals surface area contributed by atoms with Crippen LogP contribution in [0.4, 0.5) is 4.39 Å². The van der Waals surface area contributed by atoms with E-state index in [2.05, 4.69) is 24.0 Å². The highest BCUT2D eigenvalue weighted by atomic mass is 32.1. The summed E-state index contributed by atoms with van der Waals surface area (Å²) in [4.78, 5) is 0. The number of hydrogen-bond acceptors (Lipinski definition) is 4. The van der Waals surface area contributed by atoms with Crippen LogP contribution in [0.2, 0.25) is 0 Å². The van der Waals surface area contributed by atoms with Gasteiger partial charge in [-0.3, -0.25) is 0 Å². The maximum atomic E-state index is 13.6. The number of hydrogen-bond donors (Lipinski definition) is 3. The molecular weight excluding hydrogens is 397 g/mol. The summed E-state index contributed by atoms with van der Waals surface area (Å²) < 4.78 is 15.5. The first-order valence-electron chi connectivity index (χ1n) is 9.56. The van der Waals surface area contributed by atoms with Gasteiger partial charge >= 0.3 is 0 Å². The largest absolute Gasteiger partial charge is 0.362 e. The van der Waals surface area contributed by atoms with E-state index in [9.17, 15) is 14.8 Å². The molecule has 0 saturated carbocycles. The van der Waals surface area contributed by atoms with Gasteiger partial charge in [-0.15, -0.1) is 12.6 Å². The molecule has 4 rings (SSSR count). The maximum Gasteiger partial charge on any atom is 0.227 e. The molecule has 0 radical (unpaired) electrons. The van der Waals surface area contributed by atoms with Crippen molar-refractivity contribution in [2.24, 2.45) is 0 Å². The molecule has 3 unspecified atom stereocenters. The third kappa shape index (κ3) is 3.47. The Kier molecular flexibility index (Phi) is 5.33. The molecule has 0 fully saturated rings. The molecule has 3 aromatic rings. The van der Waals surface area contributed by atoms with Gasteiger partial charge in [-0.1, -0.05) is 48.0 Å². The zero-order valence-corrected chi connectivity index (χ0v) is 17.2. The van der Waals surface area contributed by atoms with Gasteiger partial charge in [-0.25, -0.2) is 4.39 Å². The van der Waals surface area contributed by atoms with Gasteiger partial charge in [0.2, 0.25) is 11.8 Å². The summed E-state index contributed by atoms with van der Waals surface area (Å²) >= 11 is 4.51. The lowest BCUT2D eigenvalue weighted by molar-refractivity contribution is -0.743. The van der Waals surface area contributed by atoms with Crippen molar-refractivity contribution in [2.75, 3.05) is 0 Å². The molecule has 1 aliphatic rings. The molecule has 1 aromatic heterocycles. The molecule has 30 heavy (non-hydrogen) atoms. The van der Waals surface area contributed by atoms with Crippen molar-refractivity contribution in [3.63, 3.8) is 0 Å². The topological polar surface area (TPSA) is 59.9 Å². The Morgan fingerprint density at radius 3 is 2.30 bits per heavy atom. The van der Waals surface area contributed by atoms with Crippen LogP contribution in [0.5, 0.6) is 0 Å². The van der Waals surface area contributed by atoms with Gasteiger partial charge < -0.3 is 10.4 Å². The predicted molar refractivity (Wildman–Crippen MR) is 115 cm³/mol. The molecule has 6 heteroatoms. The second-order valence-corrected chi connectivity index (χ2v) is 7.88. The highest BCUT2D eigenvalue weighted by Gasteiger charge is 2.55. The molecule has 0 amide bonds. The normalized spacial score (nSPS) is 23.6. The Morgan fingerprint density at radius 2 is 1.70 bits per heavy atom. The SMILES string of the molecule is Cc1ccc(C2(O)NC(S)=C(C#N)C(c3ccc(F)cc3)C2[n+]2ccccc2)cc1. The fraction of sp³-hybridized carbons (Fsp3) is 0.167. The number of pyridine rings is 1. The molecular formula is C24H21FN3OS+. The molecule has 150 valence electrons. The Bertz CT molecular complexity index is 1120. The van der Waals surface area contributed by atoms with Gasteiger partial charge in [0.25, 0.3) is 0 Å². The Hall–Kier alpha value is -3.14. The highest BCUT2D eigenvalue weighted by molar-refractivity contribution is 7.84. The van der Waals surface area contributed by atoms with Gasteiger partial charge in [-0.05, 0) is 24.6 Å². The summed E-state index contributed by atoms with van der Waals surface area (Å²) in [5, 5.41) is 25.3. The number of aliphatic hydroxyl groups is 1. The van der Waals surface area contributed by atoms with Crippen molar-refractivity contribution in [1.29, 1.82) is 5.26 Å². The number of thiol groups is 1. The lowest BCUT2D eigenvalue weighted by Gasteiger charge is -2.42. The molecule has 0 saturated heterocycles. The van der Waals surface area contributed by atoms with E-state index in [1.54, 1.807) is 12.1 Å². The minimum Gasteiger partial charge on any atom is -0.362 e.